The van der Waals surface area contributed by atoms with Crippen molar-refractivity contribution in [3.63, 3.8) is 0 Å². The normalized spacial score (nSPS) is 22.3. The summed E-state index contributed by atoms with van der Waals surface area (Å²) in [5.41, 5.74) is 5.85. The summed E-state index contributed by atoms with van der Waals surface area (Å²) >= 11 is 0. The van der Waals surface area contributed by atoms with E-state index in [0.717, 1.165) is 32.2 Å². The number of hydrogen-bond acceptors (Lipinski definition) is 11. The van der Waals surface area contributed by atoms with Gasteiger partial charge in [0.2, 0.25) is 29.5 Å². The smallest absolute Gasteiger partial charge is 0.404 e. The molecule has 2 heterocycles. The monoisotopic (exact) mass is 874 g/mol. The fourth-order valence-corrected chi connectivity index (χ4v) is 8.36. The van der Waals surface area contributed by atoms with E-state index in [9.17, 15) is 29.1 Å². The van der Waals surface area contributed by atoms with Crippen LogP contribution in [0.15, 0.2) is 12.5 Å². The number of aromatic amines is 1. The minimum Gasteiger partial charge on any atom is -0.404 e. The van der Waals surface area contributed by atoms with Gasteiger partial charge in [0, 0.05) is 31.3 Å². The Morgan fingerprint density at radius 3 is 2.19 bits per heavy atom. The van der Waals surface area contributed by atoms with Crippen molar-refractivity contribution >= 4 is 36.7 Å². The molecule has 352 valence electrons. The maximum atomic E-state index is 13.8. The minimum absolute atomic E-state index is 0.0660. The number of nitrogens with two attached hydrogens (primary N) is 1. The molecule has 2 aliphatic rings. The highest BCUT2D eigenvalue weighted by atomic mass is 16.7. The summed E-state index contributed by atoms with van der Waals surface area (Å²) in [7, 11) is -0.690. The number of aliphatic hydroxyl groups excluding tert-OH is 1. The molecule has 0 radical (unpaired) electrons. The van der Waals surface area contributed by atoms with Crippen LogP contribution in [0.25, 0.3) is 0 Å². The molecule has 0 bridgehead atoms. The van der Waals surface area contributed by atoms with Crippen molar-refractivity contribution in [3.05, 3.63) is 18.2 Å². The van der Waals surface area contributed by atoms with Gasteiger partial charge in [-0.2, -0.15) is 0 Å². The zero-order valence-electron chi connectivity index (χ0n) is 38.9. The molecular weight excluding hydrogens is 793 g/mol. The molecule has 2 fully saturated rings. The highest BCUT2D eigenvalue weighted by Crippen LogP contribution is 2.50. The maximum absolute atomic E-state index is 13.8. The van der Waals surface area contributed by atoms with Crippen LogP contribution in [0, 0.1) is 11.3 Å². The SMILES string of the molecule is CCCCCCCCCCNCCC(=O)N[C@@H](CCCCN)C(=O)N[C@H](C(=O)N[C@@H](C)C(=O)N[C@@H](Cc1cnc[nH]1)C(=O)N[C@@H](C)B1O[C@@H]2C[C@H](C)C(C)(C)C[C@]2(C)O1)[C@@H](C)O. The molecule has 17 nitrogen and oxygen atoms in total. The van der Waals surface area contributed by atoms with Crippen LogP contribution >= 0.6 is 0 Å². The largest absolute Gasteiger partial charge is 0.481 e. The fraction of sp³-hybridized carbons (Fsp3) is 0.818. The lowest BCUT2D eigenvalue weighted by molar-refractivity contribution is -0.136. The van der Waals surface area contributed by atoms with Gasteiger partial charge in [-0.3, -0.25) is 24.0 Å². The number of carbonyl (C=O) groups excluding carboxylic acids is 5. The topological polar surface area (TPSA) is 251 Å². The molecule has 18 heteroatoms. The second kappa shape index (κ2) is 26.3. The van der Waals surface area contributed by atoms with Gasteiger partial charge in [0.1, 0.15) is 24.2 Å². The summed E-state index contributed by atoms with van der Waals surface area (Å²) in [5, 5.41) is 27.5. The Bertz CT molecular complexity index is 1540. The molecule has 1 aliphatic heterocycles. The number of nitrogens with zero attached hydrogens (tertiary/aromatic N) is 1. The lowest BCUT2D eigenvalue weighted by Crippen LogP contribution is -2.60. The number of nitrogens with one attached hydrogen (secondary N) is 7. The Hall–Kier alpha value is -3.58. The molecule has 0 aromatic carbocycles. The van der Waals surface area contributed by atoms with E-state index in [4.69, 9.17) is 15.0 Å². The number of aliphatic hydroxyl groups is 1. The van der Waals surface area contributed by atoms with Gasteiger partial charge in [-0.1, -0.05) is 72.6 Å². The van der Waals surface area contributed by atoms with Crippen LogP contribution in [-0.2, 0) is 39.7 Å². The molecule has 5 amide bonds. The van der Waals surface area contributed by atoms with Crippen LogP contribution < -0.4 is 37.6 Å². The highest BCUT2D eigenvalue weighted by molar-refractivity contribution is 6.47. The van der Waals surface area contributed by atoms with Gasteiger partial charge < -0.3 is 57.0 Å². The van der Waals surface area contributed by atoms with Crippen LogP contribution in [0.1, 0.15) is 151 Å². The highest BCUT2D eigenvalue weighted by Gasteiger charge is 2.56. The standard InChI is InChI=1S/C44H80BN9O8/c1-9-10-11-12-13-14-15-18-22-47-23-20-37(56)52-34(19-16-17-21-46)40(58)54-38(31(4)55)42(60)50-30(3)39(57)53-35(25-33-26-48-28-49-33)41(59)51-32(5)45-61-36-24-29(2)43(6,7)27-44(36,8)62-45/h26,28-32,34-36,38,47,55H,9-25,27,46H2,1-8H3,(H,48,49)(H,50,60)(H,51,59)(H,52,56)(H,53,57)(H,54,58)/t29-,30-,31+,32-,34-,35-,36+,38-,44-/m0/s1. The van der Waals surface area contributed by atoms with Crippen LogP contribution in [0.4, 0.5) is 0 Å². The van der Waals surface area contributed by atoms with Crippen molar-refractivity contribution in [2.24, 2.45) is 17.1 Å². The fourth-order valence-electron chi connectivity index (χ4n) is 8.36. The molecule has 1 aromatic heterocycles. The van der Waals surface area contributed by atoms with Crippen molar-refractivity contribution < 1.29 is 38.4 Å². The number of H-pyrrole nitrogens is 1. The van der Waals surface area contributed by atoms with E-state index in [-0.39, 0.29) is 36.7 Å². The molecule has 0 spiro atoms. The van der Waals surface area contributed by atoms with Crippen LogP contribution in [-0.4, -0.2) is 119 Å². The van der Waals surface area contributed by atoms with E-state index in [1.807, 2.05) is 0 Å². The lowest BCUT2D eigenvalue weighted by Gasteiger charge is -2.47. The number of imidazole rings is 1. The first kappa shape index (κ1) is 52.8. The van der Waals surface area contributed by atoms with E-state index in [1.54, 1.807) is 13.1 Å². The van der Waals surface area contributed by atoms with Crippen LogP contribution in [0.2, 0.25) is 0 Å². The van der Waals surface area contributed by atoms with Gasteiger partial charge in [0.05, 0.1) is 30.1 Å². The van der Waals surface area contributed by atoms with Crippen LogP contribution in [0.5, 0.6) is 0 Å². The van der Waals surface area contributed by atoms with Gasteiger partial charge in [0.15, 0.2) is 0 Å². The van der Waals surface area contributed by atoms with Gasteiger partial charge >= 0.3 is 7.12 Å². The Morgan fingerprint density at radius 1 is 0.871 bits per heavy atom. The van der Waals surface area contributed by atoms with Gasteiger partial charge in [0.25, 0.3) is 0 Å². The number of rotatable bonds is 29. The van der Waals surface area contributed by atoms with E-state index in [1.165, 1.54) is 58.7 Å². The van der Waals surface area contributed by atoms with E-state index in [0.29, 0.717) is 37.5 Å². The number of hydrogen-bond donors (Lipinski definition) is 9. The van der Waals surface area contributed by atoms with Gasteiger partial charge in [-0.05, 0) is 90.6 Å². The van der Waals surface area contributed by atoms with Gasteiger partial charge in [-0.15, -0.1) is 0 Å². The zero-order valence-corrected chi connectivity index (χ0v) is 38.9. The molecule has 9 atom stereocenters. The molecule has 3 rings (SSSR count). The van der Waals surface area contributed by atoms with Crippen molar-refractivity contribution in [2.75, 3.05) is 19.6 Å². The number of amides is 5. The minimum atomic E-state index is -1.45. The molecule has 0 unspecified atom stereocenters. The Morgan fingerprint density at radius 2 is 1.55 bits per heavy atom. The number of unbranched alkanes of at least 4 members (excludes halogenated alkanes) is 8. The lowest BCUT2D eigenvalue weighted by atomic mass is 9.63. The number of carbonyl (C=O) groups is 5. The third-order valence-electron chi connectivity index (χ3n) is 12.6. The maximum Gasteiger partial charge on any atom is 0.481 e. The van der Waals surface area contributed by atoms with Crippen molar-refractivity contribution in [1.82, 2.24) is 41.9 Å². The predicted molar refractivity (Wildman–Crippen MR) is 240 cm³/mol. The first-order valence-corrected chi connectivity index (χ1v) is 23.3. The Kier molecular flexibility index (Phi) is 22.4. The van der Waals surface area contributed by atoms with E-state index >= 15 is 0 Å². The summed E-state index contributed by atoms with van der Waals surface area (Å²) in [6.45, 7) is 17.2. The molecule has 62 heavy (non-hydrogen) atoms. The van der Waals surface area contributed by atoms with Crippen molar-refractivity contribution in [3.8, 4) is 0 Å². The molecule has 1 aromatic rings. The second-order valence-electron chi connectivity index (χ2n) is 18.7. The molecular formula is C44H80BN9O8. The zero-order chi connectivity index (χ0) is 45.9. The predicted octanol–water partition coefficient (Wildman–Crippen LogP) is 2.70. The summed E-state index contributed by atoms with van der Waals surface area (Å²) in [6, 6.07) is -4.67. The third kappa shape index (κ3) is 17.2. The first-order chi connectivity index (χ1) is 29.4. The average Bonchev–Trinajstić information content (AvgIpc) is 3.84. The van der Waals surface area contributed by atoms with E-state index < -0.39 is 72.6 Å². The molecule has 1 saturated heterocycles. The molecule has 1 aliphatic carbocycles. The average molecular weight is 874 g/mol. The summed E-state index contributed by atoms with van der Waals surface area (Å²) in [4.78, 5) is 74.4. The number of fused-ring (bicyclic) bond motifs is 1. The quantitative estimate of drug-likeness (QED) is 0.0418. The van der Waals surface area contributed by atoms with Crippen molar-refractivity contribution in [2.45, 2.75) is 200 Å². The third-order valence-corrected chi connectivity index (χ3v) is 12.6. The number of aromatic nitrogens is 2. The van der Waals surface area contributed by atoms with Crippen molar-refractivity contribution in [1.29, 1.82) is 0 Å². The summed E-state index contributed by atoms with van der Waals surface area (Å²) in [5.74, 6) is -3.07. The molecule has 1 saturated carbocycles. The first-order valence-electron chi connectivity index (χ1n) is 23.3. The Balaban J connectivity index is 1.55. The molecule has 10 N–H and O–H groups in total. The van der Waals surface area contributed by atoms with E-state index in [2.05, 4.69) is 76.5 Å². The van der Waals surface area contributed by atoms with Gasteiger partial charge in [-0.25, -0.2) is 4.98 Å². The summed E-state index contributed by atoms with van der Waals surface area (Å²) < 4.78 is 12.8. The Labute approximate surface area is 370 Å². The van der Waals surface area contributed by atoms with Crippen LogP contribution in [0.3, 0.4) is 0 Å². The summed E-state index contributed by atoms with van der Waals surface area (Å²) in [6.07, 6.45) is 14.7. The second-order valence-corrected chi connectivity index (χ2v) is 18.7.